The van der Waals surface area contributed by atoms with Crippen molar-refractivity contribution in [3.8, 4) is 0 Å². The third kappa shape index (κ3) is 1.97. The van der Waals surface area contributed by atoms with E-state index in [-0.39, 0.29) is 0 Å². The van der Waals surface area contributed by atoms with Gasteiger partial charge in [0.15, 0.2) is 0 Å². The van der Waals surface area contributed by atoms with E-state index in [1.807, 2.05) is 0 Å². The van der Waals surface area contributed by atoms with Gasteiger partial charge in [-0.05, 0) is 0 Å². The summed E-state index contributed by atoms with van der Waals surface area (Å²) in [6.07, 6.45) is -6.48. The second-order valence-corrected chi connectivity index (χ2v) is 2.83. The fourth-order valence-electron chi connectivity index (χ4n) is 1.18. The lowest BCUT2D eigenvalue weighted by molar-refractivity contribution is -0.302. The van der Waals surface area contributed by atoms with Gasteiger partial charge < -0.3 is 25.2 Å². The third-order valence-corrected chi connectivity index (χ3v) is 1.98. The van der Waals surface area contributed by atoms with Gasteiger partial charge in [0.1, 0.15) is 24.4 Å². The quantitative estimate of drug-likeness (QED) is 0.292. The van der Waals surface area contributed by atoms with Crippen LogP contribution in [0.5, 0.6) is 0 Å². The largest absolute Gasteiger partial charge is 0.394 e. The molecule has 1 aliphatic heterocycles. The van der Waals surface area contributed by atoms with Crippen LogP contribution in [0.15, 0.2) is 0 Å². The number of hydrogen-bond donors (Lipinski definition) is 5. The minimum Gasteiger partial charge on any atom is -0.394 e. The molecule has 6 N–H and O–H groups in total. The van der Waals surface area contributed by atoms with Gasteiger partial charge in [-0.3, -0.25) is 4.84 Å². The second-order valence-electron chi connectivity index (χ2n) is 2.83. The molecule has 0 aromatic heterocycles. The Balaban J connectivity index is 2.66. The van der Waals surface area contributed by atoms with E-state index in [9.17, 15) is 15.3 Å². The highest BCUT2D eigenvalue weighted by Crippen LogP contribution is 2.20. The molecular formula is C6H13NO6. The molecule has 1 heterocycles. The summed E-state index contributed by atoms with van der Waals surface area (Å²) in [7, 11) is 0. The number of hydrogen-bond acceptors (Lipinski definition) is 7. The maximum absolute atomic E-state index is 9.23. The van der Waals surface area contributed by atoms with Crippen LogP contribution in [0.25, 0.3) is 0 Å². The van der Waals surface area contributed by atoms with E-state index < -0.39 is 37.3 Å². The molecule has 5 atom stereocenters. The molecule has 0 saturated carbocycles. The zero-order chi connectivity index (χ0) is 10.0. The fourth-order valence-corrected chi connectivity index (χ4v) is 1.18. The van der Waals surface area contributed by atoms with Gasteiger partial charge in [0.2, 0.25) is 6.29 Å². The molecule has 13 heavy (non-hydrogen) atoms. The van der Waals surface area contributed by atoms with Gasteiger partial charge in [0.25, 0.3) is 0 Å². The average Bonchev–Trinajstić information content (AvgIpc) is 2.15. The molecule has 0 aliphatic carbocycles. The molecule has 0 aromatic carbocycles. The van der Waals surface area contributed by atoms with Crippen molar-refractivity contribution in [2.24, 2.45) is 5.90 Å². The number of aliphatic hydroxyl groups is 4. The Morgan fingerprint density at radius 3 is 2.23 bits per heavy atom. The van der Waals surface area contributed by atoms with E-state index >= 15 is 0 Å². The molecule has 0 amide bonds. The van der Waals surface area contributed by atoms with Gasteiger partial charge >= 0.3 is 0 Å². The first-order valence-electron chi connectivity index (χ1n) is 3.78. The van der Waals surface area contributed by atoms with Crippen LogP contribution < -0.4 is 5.90 Å². The van der Waals surface area contributed by atoms with Crippen LogP contribution in [-0.2, 0) is 9.57 Å². The minimum atomic E-state index is -1.44. The van der Waals surface area contributed by atoms with Gasteiger partial charge in [-0.15, -0.1) is 0 Å². The van der Waals surface area contributed by atoms with Gasteiger partial charge in [-0.1, -0.05) is 0 Å². The van der Waals surface area contributed by atoms with Crippen molar-refractivity contribution in [3.05, 3.63) is 0 Å². The van der Waals surface area contributed by atoms with E-state index in [2.05, 4.69) is 4.84 Å². The molecule has 0 bridgehead atoms. The van der Waals surface area contributed by atoms with Gasteiger partial charge in [0, 0.05) is 0 Å². The van der Waals surface area contributed by atoms with Crippen LogP contribution in [-0.4, -0.2) is 57.7 Å². The highest BCUT2D eigenvalue weighted by atomic mass is 16.8. The molecular weight excluding hydrogens is 182 g/mol. The van der Waals surface area contributed by atoms with Crippen molar-refractivity contribution in [1.82, 2.24) is 0 Å². The van der Waals surface area contributed by atoms with E-state index in [0.29, 0.717) is 0 Å². The summed E-state index contributed by atoms with van der Waals surface area (Å²) >= 11 is 0. The van der Waals surface area contributed by atoms with Crippen LogP contribution >= 0.6 is 0 Å². The number of rotatable bonds is 2. The van der Waals surface area contributed by atoms with Gasteiger partial charge in [-0.2, -0.15) is 0 Å². The predicted molar refractivity (Wildman–Crippen MR) is 39.0 cm³/mol. The summed E-state index contributed by atoms with van der Waals surface area (Å²) in [5.74, 6) is 4.76. The molecule has 0 spiro atoms. The SMILES string of the molecule is NOC1O[C@H](CO)[C@H](O)[C@H](O)[C@@H]1O. The molecule has 1 saturated heterocycles. The number of aliphatic hydroxyl groups excluding tert-OH is 4. The van der Waals surface area contributed by atoms with Crippen LogP contribution in [0.3, 0.4) is 0 Å². The Kier molecular flexibility index (Phi) is 3.56. The molecule has 7 heteroatoms. The number of nitrogens with two attached hydrogens (primary N) is 1. The maximum atomic E-state index is 9.23. The van der Waals surface area contributed by atoms with Gasteiger partial charge in [-0.25, -0.2) is 5.90 Å². The molecule has 1 rings (SSSR count). The fraction of sp³-hybridized carbons (Fsp3) is 1.00. The number of ether oxygens (including phenoxy) is 1. The Bertz CT molecular complexity index is 147. The van der Waals surface area contributed by atoms with E-state index in [1.54, 1.807) is 0 Å². The Hall–Kier alpha value is -0.280. The van der Waals surface area contributed by atoms with Crippen LogP contribution in [0.4, 0.5) is 0 Å². The minimum absolute atomic E-state index is 0.495. The summed E-state index contributed by atoms with van der Waals surface area (Å²) in [4.78, 5) is 4.20. The van der Waals surface area contributed by atoms with Crippen molar-refractivity contribution < 1.29 is 30.0 Å². The molecule has 0 radical (unpaired) electrons. The Morgan fingerprint density at radius 2 is 1.77 bits per heavy atom. The lowest BCUT2D eigenvalue weighted by Gasteiger charge is -2.38. The molecule has 1 aliphatic rings. The highest BCUT2D eigenvalue weighted by Gasteiger charge is 2.43. The Morgan fingerprint density at radius 1 is 1.15 bits per heavy atom. The lowest BCUT2D eigenvalue weighted by atomic mass is 9.99. The van der Waals surface area contributed by atoms with E-state index in [0.717, 1.165) is 0 Å². The van der Waals surface area contributed by atoms with Crippen LogP contribution in [0, 0.1) is 0 Å². The monoisotopic (exact) mass is 195 g/mol. The maximum Gasteiger partial charge on any atom is 0.206 e. The zero-order valence-electron chi connectivity index (χ0n) is 6.78. The molecule has 7 nitrogen and oxygen atoms in total. The summed E-state index contributed by atoms with van der Waals surface area (Å²) in [6.45, 7) is -0.495. The summed E-state index contributed by atoms with van der Waals surface area (Å²) in [5, 5.41) is 36.4. The van der Waals surface area contributed by atoms with Crippen molar-refractivity contribution in [1.29, 1.82) is 0 Å². The predicted octanol–water partition coefficient (Wildman–Crippen LogP) is -3.32. The van der Waals surface area contributed by atoms with Crippen LogP contribution in [0.1, 0.15) is 0 Å². The van der Waals surface area contributed by atoms with E-state index in [1.165, 1.54) is 0 Å². The molecule has 1 fully saturated rings. The smallest absolute Gasteiger partial charge is 0.206 e. The molecule has 0 aromatic rings. The van der Waals surface area contributed by atoms with E-state index in [4.69, 9.17) is 15.7 Å². The van der Waals surface area contributed by atoms with Crippen molar-refractivity contribution in [3.63, 3.8) is 0 Å². The first-order valence-corrected chi connectivity index (χ1v) is 3.78. The van der Waals surface area contributed by atoms with Crippen molar-refractivity contribution >= 4 is 0 Å². The first-order chi connectivity index (χ1) is 6.11. The van der Waals surface area contributed by atoms with Crippen LogP contribution in [0.2, 0.25) is 0 Å². The first kappa shape index (κ1) is 10.8. The summed E-state index contributed by atoms with van der Waals surface area (Å²) in [6, 6.07) is 0. The average molecular weight is 195 g/mol. The third-order valence-electron chi connectivity index (χ3n) is 1.98. The van der Waals surface area contributed by atoms with Crippen molar-refractivity contribution in [2.75, 3.05) is 6.61 Å². The zero-order valence-corrected chi connectivity index (χ0v) is 6.78. The summed E-state index contributed by atoms with van der Waals surface area (Å²) < 4.78 is 4.82. The topological polar surface area (TPSA) is 125 Å². The standard InChI is InChI=1S/C6H13NO6/c7-13-6-5(11)4(10)3(9)2(1-8)12-6/h2-6,8-11H,1,7H2/t2-,3+,4+,5+,6?/m1/s1. The van der Waals surface area contributed by atoms with Crippen molar-refractivity contribution in [2.45, 2.75) is 30.7 Å². The molecule has 78 valence electrons. The molecule has 1 unspecified atom stereocenters. The van der Waals surface area contributed by atoms with Gasteiger partial charge in [0.05, 0.1) is 6.61 Å². The summed E-state index contributed by atoms with van der Waals surface area (Å²) in [5.41, 5.74) is 0. The second kappa shape index (κ2) is 4.29. The lowest BCUT2D eigenvalue weighted by Crippen LogP contribution is -2.59. The highest BCUT2D eigenvalue weighted by molar-refractivity contribution is 4.88. The normalized spacial score (nSPS) is 46.4. The Labute approximate surface area is 74.3 Å².